The highest BCUT2D eigenvalue weighted by Gasteiger charge is 2.26. The molecule has 2 aromatic rings. The summed E-state index contributed by atoms with van der Waals surface area (Å²) in [5.41, 5.74) is 3.71. The van der Waals surface area contributed by atoms with E-state index in [0.717, 1.165) is 10.9 Å². The van der Waals surface area contributed by atoms with Gasteiger partial charge in [0.15, 0.2) is 0 Å². The van der Waals surface area contributed by atoms with E-state index in [2.05, 4.69) is 58.7 Å². The molecular formula is C17H23NO2. The van der Waals surface area contributed by atoms with Gasteiger partial charge in [-0.05, 0) is 40.2 Å². The van der Waals surface area contributed by atoms with Crippen LogP contribution in [0.25, 0.3) is 10.9 Å². The van der Waals surface area contributed by atoms with E-state index in [1.807, 2.05) is 0 Å². The summed E-state index contributed by atoms with van der Waals surface area (Å²) in [5.74, 6) is -0.921. The zero-order valence-corrected chi connectivity index (χ0v) is 13.1. The fraction of sp³-hybridized carbons (Fsp3) is 0.471. The fourth-order valence-corrected chi connectivity index (χ4v) is 2.54. The highest BCUT2D eigenvalue weighted by Crippen LogP contribution is 2.36. The first-order valence-corrected chi connectivity index (χ1v) is 6.91. The van der Waals surface area contributed by atoms with Crippen molar-refractivity contribution in [2.75, 3.05) is 0 Å². The number of carboxylic acids is 1. The molecule has 20 heavy (non-hydrogen) atoms. The van der Waals surface area contributed by atoms with Crippen molar-refractivity contribution >= 4 is 16.9 Å². The molecule has 0 saturated carbocycles. The summed E-state index contributed by atoms with van der Waals surface area (Å²) in [6, 6.07) is 5.93. The summed E-state index contributed by atoms with van der Waals surface area (Å²) in [5, 5.41) is 10.1. The Balaban J connectivity index is 2.78. The van der Waals surface area contributed by atoms with Crippen molar-refractivity contribution in [2.45, 2.75) is 52.4 Å². The number of rotatable bonds is 1. The first kappa shape index (κ1) is 14.6. The van der Waals surface area contributed by atoms with Gasteiger partial charge in [-0.3, -0.25) is 0 Å². The Bertz CT molecular complexity index is 616. The quantitative estimate of drug-likeness (QED) is 0.806. The zero-order valence-electron chi connectivity index (χ0n) is 13.1. The Labute approximate surface area is 120 Å². The first-order valence-electron chi connectivity index (χ1n) is 6.91. The topological polar surface area (TPSA) is 53.1 Å². The number of carbonyl (C=O) groups is 1. The summed E-state index contributed by atoms with van der Waals surface area (Å²) >= 11 is 0. The van der Waals surface area contributed by atoms with Crippen molar-refractivity contribution in [3.63, 3.8) is 0 Å². The first-order chi connectivity index (χ1) is 9.00. The van der Waals surface area contributed by atoms with Crippen molar-refractivity contribution < 1.29 is 9.90 Å². The van der Waals surface area contributed by atoms with Gasteiger partial charge < -0.3 is 10.1 Å². The minimum Gasteiger partial charge on any atom is -0.477 e. The molecule has 3 heteroatoms. The molecule has 0 aliphatic rings. The average Bonchev–Trinajstić information content (AvgIpc) is 2.67. The molecule has 0 aliphatic carbocycles. The van der Waals surface area contributed by atoms with Gasteiger partial charge in [0.2, 0.25) is 0 Å². The molecule has 0 bridgehead atoms. The predicted octanol–water partition coefficient (Wildman–Crippen LogP) is 4.46. The molecule has 2 N–H and O–H groups in total. The minimum absolute atomic E-state index is 0.0191. The van der Waals surface area contributed by atoms with E-state index >= 15 is 0 Å². The number of fused-ring (bicyclic) bond motifs is 1. The maximum Gasteiger partial charge on any atom is 0.352 e. The van der Waals surface area contributed by atoms with E-state index in [-0.39, 0.29) is 16.5 Å². The summed E-state index contributed by atoms with van der Waals surface area (Å²) in [6.45, 7) is 13.1. The van der Waals surface area contributed by atoms with Crippen LogP contribution in [0.1, 0.15) is 63.2 Å². The van der Waals surface area contributed by atoms with Crippen LogP contribution < -0.4 is 0 Å². The van der Waals surface area contributed by atoms with E-state index in [0.29, 0.717) is 0 Å². The Kier molecular flexibility index (Phi) is 3.20. The van der Waals surface area contributed by atoms with Crippen molar-refractivity contribution in [2.24, 2.45) is 0 Å². The van der Waals surface area contributed by atoms with Gasteiger partial charge in [0.25, 0.3) is 0 Å². The summed E-state index contributed by atoms with van der Waals surface area (Å²) in [7, 11) is 0. The summed E-state index contributed by atoms with van der Waals surface area (Å²) < 4.78 is 0. The van der Waals surface area contributed by atoms with Gasteiger partial charge in [-0.15, -0.1) is 0 Å². The molecule has 3 nitrogen and oxygen atoms in total. The molecule has 108 valence electrons. The molecule has 0 spiro atoms. The molecule has 0 fully saturated rings. The van der Waals surface area contributed by atoms with Crippen LogP contribution in [0.5, 0.6) is 0 Å². The standard InChI is InChI=1S/C17H23NO2/c1-16(2,3)11-7-10-8-14(15(19)20)18-13(10)9-12(11)17(4,5)6/h7-9,18H,1-6H3,(H,19,20). The number of aromatic nitrogens is 1. The monoisotopic (exact) mass is 273 g/mol. The van der Waals surface area contributed by atoms with E-state index in [4.69, 9.17) is 5.11 Å². The Morgan fingerprint density at radius 1 is 0.950 bits per heavy atom. The van der Waals surface area contributed by atoms with Gasteiger partial charge in [0.05, 0.1) is 0 Å². The van der Waals surface area contributed by atoms with Crippen LogP contribution in [0.3, 0.4) is 0 Å². The Hall–Kier alpha value is -1.77. The maximum absolute atomic E-state index is 11.1. The van der Waals surface area contributed by atoms with Crippen molar-refractivity contribution in [1.82, 2.24) is 4.98 Å². The second-order valence-corrected chi connectivity index (χ2v) is 7.47. The van der Waals surface area contributed by atoms with Crippen LogP contribution in [0.2, 0.25) is 0 Å². The number of aromatic amines is 1. The predicted molar refractivity (Wildman–Crippen MR) is 82.7 cm³/mol. The third-order valence-corrected chi connectivity index (χ3v) is 3.61. The molecule has 0 atom stereocenters. The SMILES string of the molecule is CC(C)(C)c1cc2cc(C(=O)O)[nH]c2cc1C(C)(C)C. The van der Waals surface area contributed by atoms with Crippen LogP contribution in [0, 0.1) is 0 Å². The van der Waals surface area contributed by atoms with Gasteiger partial charge in [0, 0.05) is 10.9 Å². The molecule has 2 rings (SSSR count). The van der Waals surface area contributed by atoms with E-state index < -0.39 is 5.97 Å². The number of hydrogen-bond acceptors (Lipinski definition) is 1. The Morgan fingerprint density at radius 2 is 1.45 bits per heavy atom. The highest BCUT2D eigenvalue weighted by molar-refractivity contribution is 5.94. The van der Waals surface area contributed by atoms with Crippen LogP contribution in [-0.2, 0) is 10.8 Å². The minimum atomic E-state index is -0.921. The van der Waals surface area contributed by atoms with Crippen LogP contribution >= 0.6 is 0 Å². The number of benzene rings is 1. The van der Waals surface area contributed by atoms with Gasteiger partial charge in [-0.1, -0.05) is 41.5 Å². The van der Waals surface area contributed by atoms with Gasteiger partial charge in [-0.25, -0.2) is 4.79 Å². The number of hydrogen-bond donors (Lipinski definition) is 2. The molecule has 1 aromatic heterocycles. The normalized spacial score (nSPS) is 12.9. The van der Waals surface area contributed by atoms with Crippen molar-refractivity contribution in [3.8, 4) is 0 Å². The van der Waals surface area contributed by atoms with Crippen molar-refractivity contribution in [1.29, 1.82) is 0 Å². The van der Waals surface area contributed by atoms with Crippen LogP contribution in [0.4, 0.5) is 0 Å². The van der Waals surface area contributed by atoms with Gasteiger partial charge in [-0.2, -0.15) is 0 Å². The molecule has 0 amide bonds. The second-order valence-electron chi connectivity index (χ2n) is 7.47. The third-order valence-electron chi connectivity index (χ3n) is 3.61. The molecular weight excluding hydrogens is 250 g/mol. The highest BCUT2D eigenvalue weighted by atomic mass is 16.4. The molecule has 0 radical (unpaired) electrons. The van der Waals surface area contributed by atoms with Crippen molar-refractivity contribution in [3.05, 3.63) is 35.0 Å². The molecule has 0 aliphatic heterocycles. The van der Waals surface area contributed by atoms with Gasteiger partial charge >= 0.3 is 5.97 Å². The number of H-pyrrole nitrogens is 1. The molecule has 1 heterocycles. The van der Waals surface area contributed by atoms with Crippen LogP contribution in [-0.4, -0.2) is 16.1 Å². The van der Waals surface area contributed by atoms with E-state index in [9.17, 15) is 4.79 Å². The average molecular weight is 273 g/mol. The molecule has 0 unspecified atom stereocenters. The third kappa shape index (κ3) is 2.58. The second kappa shape index (κ2) is 4.37. The van der Waals surface area contributed by atoms with Crippen LogP contribution in [0.15, 0.2) is 18.2 Å². The lowest BCUT2D eigenvalue weighted by molar-refractivity contribution is 0.0691. The zero-order chi connectivity index (χ0) is 15.3. The summed E-state index contributed by atoms with van der Waals surface area (Å²) in [6.07, 6.45) is 0. The number of carboxylic acid groups (broad SMARTS) is 1. The molecule has 1 aromatic carbocycles. The number of nitrogens with one attached hydrogen (secondary N) is 1. The summed E-state index contributed by atoms with van der Waals surface area (Å²) in [4.78, 5) is 14.1. The smallest absolute Gasteiger partial charge is 0.352 e. The lowest BCUT2D eigenvalue weighted by Crippen LogP contribution is -2.21. The van der Waals surface area contributed by atoms with Gasteiger partial charge in [0.1, 0.15) is 5.69 Å². The van der Waals surface area contributed by atoms with E-state index in [1.54, 1.807) is 6.07 Å². The van der Waals surface area contributed by atoms with E-state index in [1.165, 1.54) is 11.1 Å². The fourth-order valence-electron chi connectivity index (χ4n) is 2.54. The molecule has 0 saturated heterocycles. The maximum atomic E-state index is 11.1. The largest absolute Gasteiger partial charge is 0.477 e. The lowest BCUT2D eigenvalue weighted by atomic mass is 9.75. The lowest BCUT2D eigenvalue weighted by Gasteiger charge is -2.30. The Morgan fingerprint density at radius 3 is 1.90 bits per heavy atom. The number of aromatic carboxylic acids is 1.